The monoisotopic (exact) mass is 240 g/mol. The Hall–Kier alpha value is -1.60. The molecule has 1 heteroatoms. The third-order valence-corrected chi connectivity index (χ3v) is 3.37. The Morgan fingerprint density at radius 3 is 2.00 bits per heavy atom. The van der Waals surface area contributed by atoms with Crippen molar-refractivity contribution in [3.63, 3.8) is 0 Å². The number of aliphatic hydroxyl groups excluding tert-OH is 1. The fourth-order valence-corrected chi connectivity index (χ4v) is 2.34. The molecule has 0 saturated heterocycles. The molecule has 1 atom stereocenters. The van der Waals surface area contributed by atoms with Gasteiger partial charge >= 0.3 is 0 Å². The SMILES string of the molecule is OCCC(CCc1ccccc1)c1ccccc1. The number of aliphatic hydroxyl groups is 1. The summed E-state index contributed by atoms with van der Waals surface area (Å²) in [6.07, 6.45) is 3.01. The van der Waals surface area contributed by atoms with Gasteiger partial charge in [0.25, 0.3) is 0 Å². The highest BCUT2D eigenvalue weighted by atomic mass is 16.3. The summed E-state index contributed by atoms with van der Waals surface area (Å²) < 4.78 is 0. The van der Waals surface area contributed by atoms with E-state index in [9.17, 15) is 5.11 Å². The molecule has 1 unspecified atom stereocenters. The zero-order valence-corrected chi connectivity index (χ0v) is 10.6. The second kappa shape index (κ2) is 6.97. The molecule has 2 aromatic carbocycles. The average molecular weight is 240 g/mol. The largest absolute Gasteiger partial charge is 0.396 e. The third kappa shape index (κ3) is 3.71. The van der Waals surface area contributed by atoms with E-state index in [1.54, 1.807) is 0 Å². The summed E-state index contributed by atoms with van der Waals surface area (Å²) in [5, 5.41) is 9.20. The average Bonchev–Trinajstić information content (AvgIpc) is 2.45. The molecule has 2 rings (SSSR count). The lowest BCUT2D eigenvalue weighted by atomic mass is 9.90. The maximum atomic E-state index is 9.20. The van der Waals surface area contributed by atoms with Crippen LogP contribution >= 0.6 is 0 Å². The number of rotatable bonds is 6. The topological polar surface area (TPSA) is 20.2 Å². The molecule has 0 saturated carbocycles. The van der Waals surface area contributed by atoms with Gasteiger partial charge in [0.2, 0.25) is 0 Å². The van der Waals surface area contributed by atoms with Crippen LogP contribution < -0.4 is 0 Å². The van der Waals surface area contributed by atoms with Crippen molar-refractivity contribution in [3.05, 3.63) is 71.8 Å². The summed E-state index contributed by atoms with van der Waals surface area (Å²) in [4.78, 5) is 0. The van der Waals surface area contributed by atoms with Crippen LogP contribution in [0.15, 0.2) is 60.7 Å². The summed E-state index contributed by atoms with van der Waals surface area (Å²) in [6.45, 7) is 0.258. The van der Waals surface area contributed by atoms with Crippen LogP contribution in [0.1, 0.15) is 29.9 Å². The first kappa shape index (κ1) is 12.8. The maximum Gasteiger partial charge on any atom is 0.0436 e. The van der Waals surface area contributed by atoms with Gasteiger partial charge in [0, 0.05) is 6.61 Å². The van der Waals surface area contributed by atoms with Gasteiger partial charge in [-0.3, -0.25) is 0 Å². The molecule has 2 aromatic rings. The zero-order valence-electron chi connectivity index (χ0n) is 10.6. The van der Waals surface area contributed by atoms with Crippen molar-refractivity contribution in [2.75, 3.05) is 6.61 Å². The highest BCUT2D eigenvalue weighted by Gasteiger charge is 2.10. The van der Waals surface area contributed by atoms with Gasteiger partial charge in [-0.2, -0.15) is 0 Å². The van der Waals surface area contributed by atoms with Crippen LogP contribution in [-0.2, 0) is 6.42 Å². The van der Waals surface area contributed by atoms with Crippen molar-refractivity contribution in [2.24, 2.45) is 0 Å². The number of hydrogen-bond acceptors (Lipinski definition) is 1. The normalized spacial score (nSPS) is 12.3. The highest BCUT2D eigenvalue weighted by molar-refractivity contribution is 5.21. The van der Waals surface area contributed by atoms with Gasteiger partial charge in [-0.1, -0.05) is 60.7 Å². The first-order valence-corrected chi connectivity index (χ1v) is 6.60. The van der Waals surface area contributed by atoms with Crippen molar-refractivity contribution in [1.82, 2.24) is 0 Å². The quantitative estimate of drug-likeness (QED) is 0.814. The molecular formula is C17H20O. The van der Waals surface area contributed by atoms with E-state index in [-0.39, 0.29) is 6.61 Å². The fourth-order valence-electron chi connectivity index (χ4n) is 2.34. The van der Waals surface area contributed by atoms with Gasteiger partial charge in [-0.15, -0.1) is 0 Å². The molecule has 0 heterocycles. The summed E-state index contributed by atoms with van der Waals surface area (Å²) in [5.74, 6) is 0.455. The van der Waals surface area contributed by atoms with Gasteiger partial charge in [0.1, 0.15) is 0 Å². The van der Waals surface area contributed by atoms with Crippen LogP contribution in [0.2, 0.25) is 0 Å². The molecule has 0 aromatic heterocycles. The van der Waals surface area contributed by atoms with Crippen LogP contribution in [0, 0.1) is 0 Å². The molecule has 0 bridgehead atoms. The van der Waals surface area contributed by atoms with Crippen LogP contribution in [-0.4, -0.2) is 11.7 Å². The highest BCUT2D eigenvalue weighted by Crippen LogP contribution is 2.24. The molecular weight excluding hydrogens is 220 g/mol. The third-order valence-electron chi connectivity index (χ3n) is 3.37. The van der Waals surface area contributed by atoms with Crippen molar-refractivity contribution < 1.29 is 5.11 Å². The van der Waals surface area contributed by atoms with Gasteiger partial charge in [-0.05, 0) is 36.3 Å². The zero-order chi connectivity index (χ0) is 12.6. The van der Waals surface area contributed by atoms with E-state index in [2.05, 4.69) is 48.5 Å². The van der Waals surface area contributed by atoms with E-state index >= 15 is 0 Å². The molecule has 0 aliphatic heterocycles. The summed E-state index contributed by atoms with van der Waals surface area (Å²) in [7, 11) is 0. The minimum absolute atomic E-state index is 0.258. The van der Waals surface area contributed by atoms with E-state index in [0.29, 0.717) is 5.92 Å². The molecule has 0 aliphatic rings. The van der Waals surface area contributed by atoms with E-state index in [1.807, 2.05) is 12.1 Å². The van der Waals surface area contributed by atoms with Gasteiger partial charge < -0.3 is 5.11 Å². The molecule has 18 heavy (non-hydrogen) atoms. The molecule has 0 radical (unpaired) electrons. The Morgan fingerprint density at radius 2 is 1.39 bits per heavy atom. The van der Waals surface area contributed by atoms with Crippen molar-refractivity contribution in [1.29, 1.82) is 0 Å². The number of benzene rings is 2. The van der Waals surface area contributed by atoms with Crippen LogP contribution in [0.5, 0.6) is 0 Å². The van der Waals surface area contributed by atoms with Crippen LogP contribution in [0.25, 0.3) is 0 Å². The van der Waals surface area contributed by atoms with E-state index in [4.69, 9.17) is 0 Å². The molecule has 0 fully saturated rings. The smallest absolute Gasteiger partial charge is 0.0436 e. The molecule has 1 nitrogen and oxygen atoms in total. The second-order valence-corrected chi connectivity index (χ2v) is 4.64. The Bertz CT molecular complexity index is 436. The maximum absolute atomic E-state index is 9.20. The second-order valence-electron chi connectivity index (χ2n) is 4.64. The number of hydrogen-bond donors (Lipinski definition) is 1. The minimum Gasteiger partial charge on any atom is -0.396 e. The van der Waals surface area contributed by atoms with Gasteiger partial charge in [-0.25, -0.2) is 0 Å². The lowest BCUT2D eigenvalue weighted by molar-refractivity contribution is 0.272. The lowest BCUT2D eigenvalue weighted by Gasteiger charge is -2.16. The van der Waals surface area contributed by atoms with Gasteiger partial charge in [0.05, 0.1) is 0 Å². The molecule has 1 N–H and O–H groups in total. The molecule has 94 valence electrons. The van der Waals surface area contributed by atoms with Crippen molar-refractivity contribution in [2.45, 2.75) is 25.2 Å². The molecule has 0 amide bonds. The summed E-state index contributed by atoms with van der Waals surface area (Å²) in [5.41, 5.74) is 2.71. The molecule has 0 spiro atoms. The summed E-state index contributed by atoms with van der Waals surface area (Å²) >= 11 is 0. The Balaban J connectivity index is 1.99. The van der Waals surface area contributed by atoms with Crippen LogP contribution in [0.3, 0.4) is 0 Å². The Morgan fingerprint density at radius 1 is 0.778 bits per heavy atom. The van der Waals surface area contributed by atoms with Crippen molar-refractivity contribution in [3.8, 4) is 0 Å². The van der Waals surface area contributed by atoms with E-state index in [1.165, 1.54) is 11.1 Å². The Kier molecular flexibility index (Phi) is 4.98. The predicted octanol–water partition coefficient (Wildman–Crippen LogP) is 3.79. The minimum atomic E-state index is 0.258. The predicted molar refractivity (Wildman–Crippen MR) is 75.6 cm³/mol. The Labute approximate surface area is 109 Å². The van der Waals surface area contributed by atoms with E-state index < -0.39 is 0 Å². The van der Waals surface area contributed by atoms with Gasteiger partial charge in [0.15, 0.2) is 0 Å². The summed E-state index contributed by atoms with van der Waals surface area (Å²) in [6, 6.07) is 21.0. The molecule has 0 aliphatic carbocycles. The number of aryl methyl sites for hydroxylation is 1. The fraction of sp³-hybridized carbons (Fsp3) is 0.294. The first-order chi connectivity index (χ1) is 8.90. The van der Waals surface area contributed by atoms with Crippen molar-refractivity contribution >= 4 is 0 Å². The van der Waals surface area contributed by atoms with Crippen LogP contribution in [0.4, 0.5) is 0 Å². The van der Waals surface area contributed by atoms with E-state index in [0.717, 1.165) is 19.3 Å². The lowest BCUT2D eigenvalue weighted by Crippen LogP contribution is -2.03. The standard InChI is InChI=1S/C17H20O/c18-14-13-17(16-9-5-2-6-10-16)12-11-15-7-3-1-4-8-15/h1-10,17-18H,11-14H2. The first-order valence-electron chi connectivity index (χ1n) is 6.60.